The third kappa shape index (κ3) is 8.08. The number of hydrogen-bond donors (Lipinski definition) is 1. The van der Waals surface area contributed by atoms with E-state index in [-0.39, 0.29) is 29.1 Å². The molecule has 2 atom stereocenters. The van der Waals surface area contributed by atoms with Crippen molar-refractivity contribution in [2.45, 2.75) is 63.9 Å². The molecule has 3 aromatic carbocycles. The molecule has 40 heavy (non-hydrogen) atoms. The largest absolute Gasteiger partial charge is 0.352 e. The lowest BCUT2D eigenvalue weighted by molar-refractivity contribution is -0.139. The first-order valence-electron chi connectivity index (χ1n) is 13.6. The van der Waals surface area contributed by atoms with Crippen molar-refractivity contribution < 1.29 is 18.0 Å². The highest BCUT2D eigenvalue weighted by Gasteiger charge is 2.33. The molecule has 0 spiro atoms. The van der Waals surface area contributed by atoms with Gasteiger partial charge >= 0.3 is 0 Å². The Hall–Kier alpha value is -3.36. The van der Waals surface area contributed by atoms with Crippen LogP contribution < -0.4 is 9.62 Å². The maximum atomic E-state index is 14.0. The van der Waals surface area contributed by atoms with Gasteiger partial charge in [0.25, 0.3) is 10.0 Å². The van der Waals surface area contributed by atoms with E-state index < -0.39 is 28.5 Å². The maximum absolute atomic E-state index is 14.0. The number of aryl methyl sites for hydroxylation is 1. The normalized spacial score (nSPS) is 12.8. The zero-order valence-corrected chi connectivity index (χ0v) is 25.1. The van der Waals surface area contributed by atoms with Crippen molar-refractivity contribution in [2.75, 3.05) is 17.4 Å². The second-order valence-corrected chi connectivity index (χ2v) is 12.2. The van der Waals surface area contributed by atoms with Crippen LogP contribution in [0.2, 0.25) is 5.02 Å². The van der Waals surface area contributed by atoms with E-state index in [9.17, 15) is 18.0 Å². The van der Waals surface area contributed by atoms with Crippen molar-refractivity contribution in [3.63, 3.8) is 0 Å². The molecule has 0 aliphatic heterocycles. The van der Waals surface area contributed by atoms with Gasteiger partial charge in [0.15, 0.2) is 0 Å². The molecule has 0 aliphatic carbocycles. The van der Waals surface area contributed by atoms with Crippen molar-refractivity contribution in [3.05, 3.63) is 95.0 Å². The number of nitrogens with one attached hydrogen (secondary N) is 1. The summed E-state index contributed by atoms with van der Waals surface area (Å²) in [4.78, 5) is 28.9. The number of nitrogens with zero attached hydrogens (tertiary/aromatic N) is 2. The Bertz CT molecular complexity index is 1380. The average molecular weight is 584 g/mol. The Labute approximate surface area is 243 Å². The van der Waals surface area contributed by atoms with Gasteiger partial charge in [0, 0.05) is 17.6 Å². The van der Waals surface area contributed by atoms with Crippen LogP contribution in [0.1, 0.15) is 44.7 Å². The molecular formula is C31H38ClN3O4S. The quantitative estimate of drug-likeness (QED) is 0.283. The van der Waals surface area contributed by atoms with Crippen LogP contribution in [0.25, 0.3) is 0 Å². The summed E-state index contributed by atoms with van der Waals surface area (Å²) in [5.41, 5.74) is 2.19. The number of amides is 2. The van der Waals surface area contributed by atoms with Gasteiger partial charge in [0.05, 0.1) is 10.6 Å². The van der Waals surface area contributed by atoms with Gasteiger partial charge in [-0.2, -0.15) is 0 Å². The SMILES string of the molecule is CC[C@H](C)NC(=O)[C@H](CC)N(CCc1ccccc1)C(=O)CN(c1cccc(Cl)c1)S(=O)(=O)c1ccc(C)cc1. The first-order chi connectivity index (χ1) is 19.1. The molecule has 0 fully saturated rings. The van der Waals surface area contributed by atoms with Crippen LogP contribution in [-0.4, -0.2) is 50.3 Å². The molecule has 0 bridgehead atoms. The molecular weight excluding hydrogens is 546 g/mol. The van der Waals surface area contributed by atoms with Crippen molar-refractivity contribution >= 4 is 39.1 Å². The Morgan fingerprint density at radius 3 is 2.20 bits per heavy atom. The highest BCUT2D eigenvalue weighted by atomic mass is 35.5. The van der Waals surface area contributed by atoms with E-state index >= 15 is 0 Å². The number of halogens is 1. The molecule has 0 saturated heterocycles. The van der Waals surface area contributed by atoms with E-state index in [0.717, 1.165) is 21.9 Å². The number of carbonyl (C=O) groups excluding carboxylic acids is 2. The summed E-state index contributed by atoms with van der Waals surface area (Å²) < 4.78 is 28.8. The van der Waals surface area contributed by atoms with Crippen molar-refractivity contribution in [1.82, 2.24) is 10.2 Å². The Balaban J connectivity index is 2.01. The summed E-state index contributed by atoms with van der Waals surface area (Å²) in [7, 11) is -4.13. The minimum Gasteiger partial charge on any atom is -0.352 e. The lowest BCUT2D eigenvalue weighted by Crippen LogP contribution is -2.54. The summed E-state index contributed by atoms with van der Waals surface area (Å²) in [6.07, 6.45) is 1.64. The molecule has 0 heterocycles. The van der Waals surface area contributed by atoms with Gasteiger partial charge in [-0.3, -0.25) is 13.9 Å². The van der Waals surface area contributed by atoms with Crippen LogP contribution in [0, 0.1) is 6.92 Å². The van der Waals surface area contributed by atoms with Crippen molar-refractivity contribution in [2.24, 2.45) is 0 Å². The van der Waals surface area contributed by atoms with Crippen molar-refractivity contribution in [3.8, 4) is 0 Å². The molecule has 7 nitrogen and oxygen atoms in total. The fourth-order valence-corrected chi connectivity index (χ4v) is 5.92. The number of rotatable bonds is 13. The lowest BCUT2D eigenvalue weighted by atomic mass is 10.1. The number of benzene rings is 3. The van der Waals surface area contributed by atoms with Gasteiger partial charge in [0.2, 0.25) is 11.8 Å². The van der Waals surface area contributed by atoms with Crippen LogP contribution in [0.4, 0.5) is 5.69 Å². The second kappa shape index (κ2) is 14.3. The molecule has 214 valence electrons. The van der Waals surface area contributed by atoms with E-state index in [2.05, 4.69) is 5.32 Å². The Kier molecular flexibility index (Phi) is 11.2. The fraction of sp³-hybridized carbons (Fsp3) is 0.355. The third-order valence-electron chi connectivity index (χ3n) is 6.86. The smallest absolute Gasteiger partial charge is 0.264 e. The highest BCUT2D eigenvalue weighted by molar-refractivity contribution is 7.92. The molecule has 3 aromatic rings. The molecule has 1 N–H and O–H groups in total. The van der Waals surface area contributed by atoms with Gasteiger partial charge in [-0.05, 0) is 69.0 Å². The third-order valence-corrected chi connectivity index (χ3v) is 8.88. The highest BCUT2D eigenvalue weighted by Crippen LogP contribution is 2.27. The predicted octanol–water partition coefficient (Wildman–Crippen LogP) is 5.61. The van der Waals surface area contributed by atoms with Crippen LogP contribution in [0.5, 0.6) is 0 Å². The summed E-state index contributed by atoms with van der Waals surface area (Å²) in [5.74, 6) is -0.730. The Morgan fingerprint density at radius 1 is 0.925 bits per heavy atom. The van der Waals surface area contributed by atoms with E-state index in [4.69, 9.17) is 11.6 Å². The van der Waals surface area contributed by atoms with Crippen LogP contribution in [0.15, 0.2) is 83.8 Å². The minimum atomic E-state index is -4.13. The van der Waals surface area contributed by atoms with Gasteiger partial charge in [-0.1, -0.05) is 79.5 Å². The molecule has 2 amide bonds. The zero-order chi connectivity index (χ0) is 29.3. The second-order valence-electron chi connectivity index (χ2n) is 9.87. The van der Waals surface area contributed by atoms with Gasteiger partial charge in [0.1, 0.15) is 12.6 Å². The average Bonchev–Trinajstić information content (AvgIpc) is 2.94. The van der Waals surface area contributed by atoms with Crippen molar-refractivity contribution in [1.29, 1.82) is 0 Å². The van der Waals surface area contributed by atoms with E-state index in [1.807, 2.05) is 58.0 Å². The number of hydrogen-bond acceptors (Lipinski definition) is 4. The number of anilines is 1. The molecule has 0 unspecified atom stereocenters. The minimum absolute atomic E-state index is 0.0579. The molecule has 0 aliphatic rings. The molecule has 3 rings (SSSR count). The van der Waals surface area contributed by atoms with Gasteiger partial charge in [-0.25, -0.2) is 8.42 Å². The van der Waals surface area contributed by atoms with Crippen LogP contribution >= 0.6 is 11.6 Å². The fourth-order valence-electron chi connectivity index (χ4n) is 4.33. The number of carbonyl (C=O) groups is 2. The topological polar surface area (TPSA) is 86.8 Å². The Morgan fingerprint density at radius 2 is 1.60 bits per heavy atom. The standard InChI is InChI=1S/C31H38ClN3O4S/c1-5-24(4)33-31(37)29(6-2)34(20-19-25-11-8-7-9-12-25)30(36)22-35(27-14-10-13-26(32)21-27)40(38,39)28-17-15-23(3)16-18-28/h7-18,21,24,29H,5-6,19-20,22H2,1-4H3,(H,33,37)/t24-,29-/m0/s1. The van der Waals surface area contributed by atoms with Crippen LogP contribution in [0.3, 0.4) is 0 Å². The maximum Gasteiger partial charge on any atom is 0.264 e. The lowest BCUT2D eigenvalue weighted by Gasteiger charge is -2.33. The first kappa shape index (κ1) is 31.2. The molecule has 9 heteroatoms. The van der Waals surface area contributed by atoms with E-state index in [1.54, 1.807) is 30.3 Å². The van der Waals surface area contributed by atoms with E-state index in [0.29, 0.717) is 17.9 Å². The zero-order valence-electron chi connectivity index (χ0n) is 23.5. The van der Waals surface area contributed by atoms with Gasteiger partial charge < -0.3 is 10.2 Å². The number of sulfonamides is 1. The summed E-state index contributed by atoms with van der Waals surface area (Å²) in [5, 5.41) is 3.33. The monoisotopic (exact) mass is 583 g/mol. The van der Waals surface area contributed by atoms with Gasteiger partial charge in [-0.15, -0.1) is 0 Å². The van der Waals surface area contributed by atoms with Crippen LogP contribution in [-0.2, 0) is 26.0 Å². The molecule has 0 saturated carbocycles. The summed E-state index contributed by atoms with van der Waals surface area (Å²) in [6.45, 7) is 7.37. The molecule has 0 radical (unpaired) electrons. The molecule has 0 aromatic heterocycles. The first-order valence-corrected chi connectivity index (χ1v) is 15.4. The summed E-state index contributed by atoms with van der Waals surface area (Å²) in [6, 6.07) is 21.7. The predicted molar refractivity (Wildman–Crippen MR) is 161 cm³/mol. The summed E-state index contributed by atoms with van der Waals surface area (Å²) >= 11 is 6.23. The van der Waals surface area contributed by atoms with E-state index in [1.165, 1.54) is 23.1 Å².